The van der Waals surface area contributed by atoms with Crippen LogP contribution in [0.25, 0.3) is 0 Å². The highest BCUT2D eigenvalue weighted by atomic mass is 19.1. The molecule has 3 heteroatoms. The van der Waals surface area contributed by atoms with Crippen LogP contribution < -0.4 is 10.6 Å². The second-order valence-electron chi connectivity index (χ2n) is 5.34. The second-order valence-corrected chi connectivity index (χ2v) is 5.34. The van der Waals surface area contributed by atoms with Crippen LogP contribution in [0.2, 0.25) is 0 Å². The number of rotatable bonds is 2. The molecule has 2 nitrogen and oxygen atoms in total. The molecule has 0 bridgehead atoms. The lowest BCUT2D eigenvalue weighted by molar-refractivity contribution is 0.615. The fraction of sp³-hybridized carbons (Fsp3) is 0.0526. The Morgan fingerprint density at radius 2 is 1.45 bits per heavy atom. The molecular weight excluding hydrogens is 275 g/mol. The Kier molecular flexibility index (Phi) is 2.86. The van der Waals surface area contributed by atoms with Gasteiger partial charge in [0.2, 0.25) is 0 Å². The lowest BCUT2D eigenvalue weighted by Gasteiger charge is -2.32. The standard InChI is InChI=1S/C19H14FN2/c20-16-10-6-9-15(13-16)19(14-7-2-1-3-8-14)21-17-11-4-5-12-18(17)22-19/h2-13,21-22H. The van der Waals surface area contributed by atoms with E-state index in [4.69, 9.17) is 0 Å². The van der Waals surface area contributed by atoms with Gasteiger partial charge in [0.05, 0.1) is 11.4 Å². The third-order valence-electron chi connectivity index (χ3n) is 3.98. The van der Waals surface area contributed by atoms with E-state index in [0.717, 1.165) is 22.5 Å². The topological polar surface area (TPSA) is 24.1 Å². The van der Waals surface area contributed by atoms with Crippen molar-refractivity contribution in [2.24, 2.45) is 0 Å². The Hall–Kier alpha value is -2.81. The van der Waals surface area contributed by atoms with Crippen molar-refractivity contribution in [1.29, 1.82) is 0 Å². The Morgan fingerprint density at radius 1 is 0.773 bits per heavy atom. The average molecular weight is 289 g/mol. The molecule has 1 aliphatic rings. The van der Waals surface area contributed by atoms with Gasteiger partial charge in [-0.3, -0.25) is 0 Å². The number of anilines is 2. The Labute approximate surface area is 128 Å². The van der Waals surface area contributed by atoms with Gasteiger partial charge in [0.25, 0.3) is 0 Å². The van der Waals surface area contributed by atoms with Crippen molar-refractivity contribution < 1.29 is 4.39 Å². The summed E-state index contributed by atoms with van der Waals surface area (Å²) in [4.78, 5) is 0. The Morgan fingerprint density at radius 3 is 2.09 bits per heavy atom. The van der Waals surface area contributed by atoms with Crippen molar-refractivity contribution in [2.45, 2.75) is 5.66 Å². The van der Waals surface area contributed by atoms with Gasteiger partial charge in [-0.2, -0.15) is 0 Å². The maximum Gasteiger partial charge on any atom is 0.161 e. The first-order chi connectivity index (χ1) is 10.8. The van der Waals surface area contributed by atoms with E-state index in [1.54, 1.807) is 12.1 Å². The molecule has 0 saturated heterocycles. The van der Waals surface area contributed by atoms with Gasteiger partial charge in [-0.25, -0.2) is 4.39 Å². The maximum atomic E-state index is 13.8. The molecule has 1 radical (unpaired) electrons. The molecule has 0 saturated carbocycles. The number of para-hydroxylation sites is 2. The van der Waals surface area contributed by atoms with Crippen LogP contribution in [-0.4, -0.2) is 0 Å². The zero-order chi connectivity index (χ0) is 15.0. The quantitative estimate of drug-likeness (QED) is 0.732. The molecule has 0 amide bonds. The molecule has 4 rings (SSSR count). The normalized spacial score (nSPS) is 14.8. The zero-order valence-electron chi connectivity index (χ0n) is 11.8. The third-order valence-corrected chi connectivity index (χ3v) is 3.98. The zero-order valence-corrected chi connectivity index (χ0v) is 11.8. The highest BCUT2D eigenvalue weighted by molar-refractivity contribution is 5.79. The van der Waals surface area contributed by atoms with Gasteiger partial charge in [0.15, 0.2) is 5.66 Å². The first-order valence-corrected chi connectivity index (χ1v) is 7.16. The number of benzene rings is 3. The fourth-order valence-electron chi connectivity index (χ4n) is 2.95. The summed E-state index contributed by atoms with van der Waals surface area (Å²) in [5.74, 6) is -0.251. The molecule has 2 N–H and O–H groups in total. The lowest BCUT2D eigenvalue weighted by Crippen LogP contribution is -2.40. The van der Waals surface area contributed by atoms with Crippen LogP contribution >= 0.6 is 0 Å². The molecule has 0 atom stereocenters. The molecule has 0 fully saturated rings. The number of hydrogen-bond donors (Lipinski definition) is 2. The highest BCUT2D eigenvalue weighted by Crippen LogP contribution is 2.43. The summed E-state index contributed by atoms with van der Waals surface area (Å²) in [6, 6.07) is 25.4. The molecule has 3 aromatic rings. The smallest absolute Gasteiger partial charge is 0.161 e. The molecule has 0 unspecified atom stereocenters. The minimum atomic E-state index is -0.680. The van der Waals surface area contributed by atoms with Crippen molar-refractivity contribution >= 4 is 11.4 Å². The number of hydrogen-bond acceptors (Lipinski definition) is 2. The van der Waals surface area contributed by atoms with Crippen molar-refractivity contribution in [3.05, 3.63) is 95.8 Å². The summed E-state index contributed by atoms with van der Waals surface area (Å²) in [7, 11) is 0. The van der Waals surface area contributed by atoms with Crippen molar-refractivity contribution in [3.63, 3.8) is 0 Å². The number of fused-ring (bicyclic) bond motifs is 1. The molecule has 0 aliphatic carbocycles. The monoisotopic (exact) mass is 289 g/mol. The average Bonchev–Trinajstić information content (AvgIpc) is 2.96. The van der Waals surface area contributed by atoms with Crippen molar-refractivity contribution in [1.82, 2.24) is 0 Å². The van der Waals surface area contributed by atoms with Gasteiger partial charge in [0, 0.05) is 11.1 Å². The van der Waals surface area contributed by atoms with E-state index in [0.29, 0.717) is 0 Å². The van der Waals surface area contributed by atoms with Crippen LogP contribution in [0.15, 0.2) is 72.8 Å². The van der Waals surface area contributed by atoms with Crippen LogP contribution in [0.3, 0.4) is 0 Å². The minimum absolute atomic E-state index is 0.251. The minimum Gasteiger partial charge on any atom is -0.354 e. The fourth-order valence-corrected chi connectivity index (χ4v) is 2.95. The Balaban J connectivity index is 1.91. The first-order valence-electron chi connectivity index (χ1n) is 7.16. The van der Waals surface area contributed by atoms with Gasteiger partial charge in [-0.05, 0) is 30.3 Å². The second kappa shape index (κ2) is 4.88. The van der Waals surface area contributed by atoms with Crippen LogP contribution in [0.4, 0.5) is 15.8 Å². The third kappa shape index (κ3) is 1.94. The summed E-state index contributed by atoms with van der Waals surface area (Å²) >= 11 is 0. The summed E-state index contributed by atoms with van der Waals surface area (Å²) in [6.45, 7) is 0. The van der Waals surface area contributed by atoms with Gasteiger partial charge in [-0.15, -0.1) is 0 Å². The molecule has 22 heavy (non-hydrogen) atoms. The van der Waals surface area contributed by atoms with Gasteiger partial charge in [0.1, 0.15) is 5.82 Å². The van der Waals surface area contributed by atoms with Crippen LogP contribution in [0.5, 0.6) is 0 Å². The van der Waals surface area contributed by atoms with Crippen LogP contribution in [0, 0.1) is 11.9 Å². The van der Waals surface area contributed by atoms with E-state index >= 15 is 0 Å². The predicted octanol–water partition coefficient (Wildman–Crippen LogP) is 4.36. The maximum absolute atomic E-state index is 13.8. The molecule has 0 aromatic heterocycles. The SMILES string of the molecule is Fc1cccc(C2(c3cc[c]cc3)Nc3ccccc3N2)c1. The van der Waals surface area contributed by atoms with E-state index in [2.05, 4.69) is 16.7 Å². The van der Waals surface area contributed by atoms with E-state index in [1.165, 1.54) is 6.07 Å². The molecule has 1 heterocycles. The summed E-state index contributed by atoms with van der Waals surface area (Å²) in [5, 5.41) is 7.03. The first kappa shape index (κ1) is 12.9. The van der Waals surface area contributed by atoms with Gasteiger partial charge >= 0.3 is 0 Å². The van der Waals surface area contributed by atoms with Crippen molar-refractivity contribution in [3.8, 4) is 0 Å². The van der Waals surface area contributed by atoms with E-state index in [9.17, 15) is 4.39 Å². The predicted molar refractivity (Wildman–Crippen MR) is 86.1 cm³/mol. The van der Waals surface area contributed by atoms with Crippen molar-refractivity contribution in [2.75, 3.05) is 10.6 Å². The highest BCUT2D eigenvalue weighted by Gasteiger charge is 2.39. The summed E-state index contributed by atoms with van der Waals surface area (Å²) < 4.78 is 13.8. The van der Waals surface area contributed by atoms with E-state index < -0.39 is 5.66 Å². The van der Waals surface area contributed by atoms with Crippen LogP contribution in [-0.2, 0) is 5.66 Å². The number of nitrogens with one attached hydrogen (secondary N) is 2. The van der Waals surface area contributed by atoms with Gasteiger partial charge in [-0.1, -0.05) is 48.5 Å². The molecule has 3 aromatic carbocycles. The van der Waals surface area contributed by atoms with E-state index in [1.807, 2.05) is 54.6 Å². The molecular formula is C19H14FN2. The van der Waals surface area contributed by atoms with Crippen LogP contribution in [0.1, 0.15) is 11.1 Å². The molecule has 0 spiro atoms. The lowest BCUT2D eigenvalue weighted by atomic mass is 9.91. The summed E-state index contributed by atoms with van der Waals surface area (Å²) in [5.41, 5.74) is 3.16. The molecule has 1 aliphatic heterocycles. The molecule has 107 valence electrons. The Bertz CT molecular complexity index is 789. The number of halogens is 1. The van der Waals surface area contributed by atoms with E-state index in [-0.39, 0.29) is 5.82 Å². The summed E-state index contributed by atoms with van der Waals surface area (Å²) in [6.07, 6.45) is 0. The van der Waals surface area contributed by atoms with Gasteiger partial charge < -0.3 is 10.6 Å². The largest absolute Gasteiger partial charge is 0.354 e.